The van der Waals surface area contributed by atoms with E-state index in [1.54, 1.807) is 18.3 Å². The third kappa shape index (κ3) is 3.17. The van der Waals surface area contributed by atoms with Crippen molar-refractivity contribution in [2.75, 3.05) is 0 Å². The molecule has 2 rings (SSSR count). The summed E-state index contributed by atoms with van der Waals surface area (Å²) in [6.45, 7) is 0. The molecule has 0 saturated carbocycles. The van der Waals surface area contributed by atoms with Gasteiger partial charge in [-0.25, -0.2) is 13.8 Å². The smallest absolute Gasteiger partial charge is 0.136 e. The van der Waals surface area contributed by atoms with E-state index in [0.717, 1.165) is 17.7 Å². The van der Waals surface area contributed by atoms with E-state index in [1.807, 2.05) is 0 Å². The molecule has 0 bridgehead atoms. The van der Waals surface area contributed by atoms with Gasteiger partial charge in [0, 0.05) is 16.8 Å². The van der Waals surface area contributed by atoms with Crippen LogP contribution in [0.15, 0.2) is 41.4 Å². The van der Waals surface area contributed by atoms with Crippen LogP contribution in [0.2, 0.25) is 5.15 Å². The molecule has 0 amide bonds. The average molecular weight is 272 g/mol. The Bertz CT molecular complexity index is 534. The lowest BCUT2D eigenvalue weighted by Gasteiger charge is -2.04. The maximum absolute atomic E-state index is 13.3. The average Bonchev–Trinajstić information content (AvgIpc) is 2.32. The van der Waals surface area contributed by atoms with Gasteiger partial charge in [0.05, 0.1) is 0 Å². The van der Waals surface area contributed by atoms with Crippen LogP contribution in [0.3, 0.4) is 0 Å². The molecule has 0 aliphatic carbocycles. The van der Waals surface area contributed by atoms with Crippen LogP contribution in [-0.4, -0.2) is 4.98 Å². The minimum Gasteiger partial charge on any atom is -0.244 e. The molecule has 1 aromatic carbocycles. The SMILES string of the molecule is Fc1ccc(F)c(SCc2cccnc2Cl)c1. The first-order valence-corrected chi connectivity index (χ1v) is 6.20. The predicted molar refractivity (Wildman–Crippen MR) is 65.2 cm³/mol. The molecule has 1 aromatic heterocycles. The zero-order valence-corrected chi connectivity index (χ0v) is 10.2. The number of pyridine rings is 1. The monoisotopic (exact) mass is 271 g/mol. The summed E-state index contributed by atoms with van der Waals surface area (Å²) in [5, 5.41) is 0.386. The summed E-state index contributed by atoms with van der Waals surface area (Å²) < 4.78 is 26.3. The van der Waals surface area contributed by atoms with Crippen molar-refractivity contribution < 1.29 is 8.78 Å². The van der Waals surface area contributed by atoms with E-state index in [0.29, 0.717) is 10.9 Å². The van der Waals surface area contributed by atoms with Crippen LogP contribution in [0.4, 0.5) is 8.78 Å². The van der Waals surface area contributed by atoms with Crippen LogP contribution in [0.1, 0.15) is 5.56 Å². The quantitative estimate of drug-likeness (QED) is 0.610. The summed E-state index contributed by atoms with van der Waals surface area (Å²) in [5.74, 6) is -0.435. The molecule has 0 fully saturated rings. The highest BCUT2D eigenvalue weighted by Crippen LogP contribution is 2.28. The van der Waals surface area contributed by atoms with E-state index in [9.17, 15) is 8.78 Å². The largest absolute Gasteiger partial charge is 0.244 e. The summed E-state index contributed by atoms with van der Waals surface area (Å²) in [6, 6.07) is 6.94. The van der Waals surface area contributed by atoms with Crippen molar-refractivity contribution in [1.82, 2.24) is 4.98 Å². The topological polar surface area (TPSA) is 12.9 Å². The van der Waals surface area contributed by atoms with Gasteiger partial charge in [0.15, 0.2) is 0 Å². The summed E-state index contributed by atoms with van der Waals surface area (Å²) in [7, 11) is 0. The second kappa shape index (κ2) is 5.47. The van der Waals surface area contributed by atoms with Gasteiger partial charge < -0.3 is 0 Å². The van der Waals surface area contributed by atoms with Crippen LogP contribution < -0.4 is 0 Å². The highest BCUT2D eigenvalue weighted by atomic mass is 35.5. The van der Waals surface area contributed by atoms with Crippen LogP contribution in [0.25, 0.3) is 0 Å². The molecular formula is C12H8ClF2NS. The van der Waals surface area contributed by atoms with Crippen molar-refractivity contribution in [1.29, 1.82) is 0 Å². The van der Waals surface area contributed by atoms with Gasteiger partial charge in [0.25, 0.3) is 0 Å². The first-order valence-electron chi connectivity index (χ1n) is 4.84. The molecule has 0 atom stereocenters. The van der Waals surface area contributed by atoms with E-state index in [2.05, 4.69) is 4.98 Å². The van der Waals surface area contributed by atoms with Crippen LogP contribution in [-0.2, 0) is 5.75 Å². The molecule has 17 heavy (non-hydrogen) atoms. The molecule has 2 aromatic rings. The molecule has 88 valence electrons. The first kappa shape index (κ1) is 12.3. The van der Waals surface area contributed by atoms with Gasteiger partial charge in [-0.2, -0.15) is 0 Å². The van der Waals surface area contributed by atoms with Crippen molar-refractivity contribution >= 4 is 23.4 Å². The van der Waals surface area contributed by atoms with Crippen LogP contribution >= 0.6 is 23.4 Å². The lowest BCUT2D eigenvalue weighted by Crippen LogP contribution is -1.88. The summed E-state index contributed by atoms with van der Waals surface area (Å²) in [5.41, 5.74) is 0.794. The van der Waals surface area contributed by atoms with Gasteiger partial charge in [-0.05, 0) is 29.8 Å². The molecule has 0 N–H and O–H groups in total. The summed E-state index contributed by atoms with van der Waals surface area (Å²) >= 11 is 7.06. The number of rotatable bonds is 3. The van der Waals surface area contributed by atoms with Gasteiger partial charge in [-0.3, -0.25) is 0 Å². The molecular weight excluding hydrogens is 264 g/mol. The Hall–Kier alpha value is -1.13. The third-order valence-corrected chi connectivity index (χ3v) is 3.53. The highest BCUT2D eigenvalue weighted by molar-refractivity contribution is 7.98. The van der Waals surface area contributed by atoms with E-state index in [1.165, 1.54) is 17.8 Å². The van der Waals surface area contributed by atoms with Crippen LogP contribution in [0.5, 0.6) is 0 Å². The number of benzene rings is 1. The summed E-state index contributed by atoms with van der Waals surface area (Å²) in [4.78, 5) is 4.18. The Morgan fingerprint density at radius 2 is 2.06 bits per heavy atom. The number of nitrogens with zero attached hydrogens (tertiary/aromatic N) is 1. The minimum absolute atomic E-state index is 0.268. The minimum atomic E-state index is -0.453. The van der Waals surface area contributed by atoms with Crippen molar-refractivity contribution in [3.8, 4) is 0 Å². The summed E-state index contributed by atoms with van der Waals surface area (Å²) in [6.07, 6.45) is 1.58. The maximum Gasteiger partial charge on any atom is 0.136 e. The maximum atomic E-state index is 13.3. The van der Waals surface area contributed by atoms with Crippen molar-refractivity contribution in [3.63, 3.8) is 0 Å². The fourth-order valence-electron chi connectivity index (χ4n) is 1.27. The zero-order valence-electron chi connectivity index (χ0n) is 8.66. The Labute approximate surface area is 107 Å². The van der Waals surface area contributed by atoms with Gasteiger partial charge in [0.2, 0.25) is 0 Å². The third-order valence-electron chi connectivity index (χ3n) is 2.11. The van der Waals surface area contributed by atoms with Gasteiger partial charge in [-0.15, -0.1) is 11.8 Å². The zero-order chi connectivity index (χ0) is 12.3. The molecule has 5 heteroatoms. The fraction of sp³-hybridized carbons (Fsp3) is 0.0833. The lowest BCUT2D eigenvalue weighted by atomic mass is 10.3. The van der Waals surface area contributed by atoms with E-state index < -0.39 is 11.6 Å². The fourth-order valence-corrected chi connectivity index (χ4v) is 2.48. The van der Waals surface area contributed by atoms with E-state index >= 15 is 0 Å². The Morgan fingerprint density at radius 3 is 2.82 bits per heavy atom. The molecule has 0 aliphatic heterocycles. The Balaban J connectivity index is 2.12. The van der Waals surface area contributed by atoms with E-state index in [-0.39, 0.29) is 4.90 Å². The second-order valence-corrected chi connectivity index (χ2v) is 4.69. The number of hydrogen-bond donors (Lipinski definition) is 0. The van der Waals surface area contributed by atoms with Crippen molar-refractivity contribution in [2.24, 2.45) is 0 Å². The first-order chi connectivity index (χ1) is 8.16. The molecule has 0 saturated heterocycles. The molecule has 0 radical (unpaired) electrons. The molecule has 0 spiro atoms. The standard InChI is InChI=1S/C12H8ClF2NS/c13-12-8(2-1-5-16-12)7-17-11-6-9(14)3-4-10(11)15/h1-6H,7H2. The van der Waals surface area contributed by atoms with Gasteiger partial charge in [-0.1, -0.05) is 17.7 Å². The second-order valence-electron chi connectivity index (χ2n) is 3.32. The van der Waals surface area contributed by atoms with E-state index in [4.69, 9.17) is 11.6 Å². The Kier molecular flexibility index (Phi) is 3.97. The van der Waals surface area contributed by atoms with Crippen molar-refractivity contribution in [3.05, 3.63) is 58.9 Å². The molecule has 0 aliphatic rings. The lowest BCUT2D eigenvalue weighted by molar-refractivity contribution is 0.577. The number of hydrogen-bond acceptors (Lipinski definition) is 2. The number of thioether (sulfide) groups is 1. The molecule has 1 heterocycles. The van der Waals surface area contributed by atoms with Gasteiger partial charge in [0.1, 0.15) is 16.8 Å². The predicted octanol–water partition coefficient (Wildman–Crippen LogP) is 4.31. The molecule has 1 nitrogen and oxygen atoms in total. The molecule has 0 unspecified atom stereocenters. The number of aromatic nitrogens is 1. The normalized spacial score (nSPS) is 10.5. The Morgan fingerprint density at radius 1 is 1.24 bits per heavy atom. The van der Waals surface area contributed by atoms with Crippen LogP contribution in [0, 0.1) is 11.6 Å². The number of halogens is 3. The van der Waals surface area contributed by atoms with Crippen molar-refractivity contribution in [2.45, 2.75) is 10.6 Å². The highest BCUT2D eigenvalue weighted by Gasteiger charge is 2.06. The van der Waals surface area contributed by atoms with Gasteiger partial charge >= 0.3 is 0 Å².